The molecule has 27 heavy (non-hydrogen) atoms. The zero-order valence-electron chi connectivity index (χ0n) is 14.6. The van der Waals surface area contributed by atoms with Gasteiger partial charge in [0.2, 0.25) is 5.91 Å². The molecular weight excluding hydrogens is 363 g/mol. The van der Waals surface area contributed by atoms with Gasteiger partial charge in [0.15, 0.2) is 5.82 Å². The summed E-state index contributed by atoms with van der Waals surface area (Å²) in [5, 5.41) is 4.88. The molecule has 2 aromatic heterocycles. The number of para-hydroxylation sites is 2. The van der Waals surface area contributed by atoms with Gasteiger partial charge in [-0.3, -0.25) is 4.79 Å². The van der Waals surface area contributed by atoms with E-state index in [2.05, 4.69) is 15.3 Å². The standard InChI is InChI=1S/C20H17FN4OS/c1-13(14-6-8-15(21)9-7-14)23-19(26)10-25-18-5-3-2-4-16(18)24-20(25)17-11-27-12-22-17/h2-9,11-13H,10H2,1H3,(H,23,26)/t13-/m1/s1. The summed E-state index contributed by atoms with van der Waals surface area (Å²) in [4.78, 5) is 21.7. The maximum absolute atomic E-state index is 13.1. The van der Waals surface area contributed by atoms with Crippen molar-refractivity contribution in [3.8, 4) is 11.5 Å². The van der Waals surface area contributed by atoms with Gasteiger partial charge in [0.25, 0.3) is 0 Å². The molecule has 0 radical (unpaired) electrons. The van der Waals surface area contributed by atoms with Gasteiger partial charge in [0, 0.05) is 5.38 Å². The zero-order chi connectivity index (χ0) is 18.8. The molecule has 0 unspecified atom stereocenters. The Labute approximate surface area is 159 Å². The quantitative estimate of drug-likeness (QED) is 0.565. The van der Waals surface area contributed by atoms with Crippen LogP contribution in [0.3, 0.4) is 0 Å². The lowest BCUT2D eigenvalue weighted by atomic mass is 10.1. The fraction of sp³-hybridized carbons (Fsp3) is 0.150. The summed E-state index contributed by atoms with van der Waals surface area (Å²) in [6.45, 7) is 2.00. The van der Waals surface area contributed by atoms with Gasteiger partial charge in [-0.1, -0.05) is 24.3 Å². The van der Waals surface area contributed by atoms with Gasteiger partial charge in [-0.15, -0.1) is 11.3 Å². The Kier molecular flexibility index (Phi) is 4.68. The monoisotopic (exact) mass is 380 g/mol. The average Bonchev–Trinajstić information content (AvgIpc) is 3.30. The van der Waals surface area contributed by atoms with E-state index in [9.17, 15) is 9.18 Å². The molecule has 1 N–H and O–H groups in total. The molecule has 2 heterocycles. The Morgan fingerprint density at radius 3 is 2.74 bits per heavy atom. The fourth-order valence-electron chi connectivity index (χ4n) is 3.02. The molecule has 0 aliphatic heterocycles. The van der Waals surface area contributed by atoms with Gasteiger partial charge in [-0.05, 0) is 36.8 Å². The van der Waals surface area contributed by atoms with Crippen molar-refractivity contribution in [1.29, 1.82) is 0 Å². The van der Waals surface area contributed by atoms with Crippen molar-refractivity contribution in [2.45, 2.75) is 19.5 Å². The average molecular weight is 380 g/mol. The van der Waals surface area contributed by atoms with Gasteiger partial charge in [0.1, 0.15) is 18.1 Å². The predicted octanol–water partition coefficient (Wildman–Crippen LogP) is 4.18. The molecular formula is C20H17FN4OS. The van der Waals surface area contributed by atoms with Crippen LogP contribution >= 0.6 is 11.3 Å². The molecule has 1 amide bonds. The zero-order valence-corrected chi connectivity index (χ0v) is 15.4. The first-order valence-electron chi connectivity index (χ1n) is 8.50. The van der Waals surface area contributed by atoms with Crippen LogP contribution in [0, 0.1) is 5.82 Å². The van der Waals surface area contributed by atoms with Gasteiger partial charge in [-0.2, -0.15) is 0 Å². The molecule has 0 saturated carbocycles. The smallest absolute Gasteiger partial charge is 0.240 e. The van der Waals surface area contributed by atoms with E-state index >= 15 is 0 Å². The molecule has 0 aliphatic rings. The van der Waals surface area contributed by atoms with Crippen LogP contribution in [0.5, 0.6) is 0 Å². The third kappa shape index (κ3) is 3.59. The number of thiazole rings is 1. The van der Waals surface area contributed by atoms with E-state index in [-0.39, 0.29) is 24.3 Å². The Balaban J connectivity index is 1.60. The molecule has 4 aromatic rings. The lowest BCUT2D eigenvalue weighted by molar-refractivity contribution is -0.122. The van der Waals surface area contributed by atoms with Crippen LogP contribution in [0.15, 0.2) is 59.4 Å². The number of halogens is 1. The maximum atomic E-state index is 13.1. The van der Waals surface area contributed by atoms with Crippen LogP contribution in [0.4, 0.5) is 4.39 Å². The van der Waals surface area contributed by atoms with E-state index in [1.807, 2.05) is 41.1 Å². The van der Waals surface area contributed by atoms with Crippen molar-refractivity contribution in [3.05, 3.63) is 70.8 Å². The summed E-state index contributed by atoms with van der Waals surface area (Å²) in [6.07, 6.45) is 0. The number of rotatable bonds is 5. The molecule has 0 saturated heterocycles. The number of imidazole rings is 1. The van der Waals surface area contributed by atoms with E-state index in [4.69, 9.17) is 0 Å². The third-order valence-electron chi connectivity index (χ3n) is 4.37. The first-order chi connectivity index (χ1) is 13.1. The number of nitrogens with zero attached hydrogens (tertiary/aromatic N) is 3. The highest BCUT2D eigenvalue weighted by Crippen LogP contribution is 2.24. The van der Waals surface area contributed by atoms with Gasteiger partial charge >= 0.3 is 0 Å². The highest BCUT2D eigenvalue weighted by atomic mass is 32.1. The Bertz CT molecular complexity index is 1070. The highest BCUT2D eigenvalue weighted by Gasteiger charge is 2.17. The molecule has 0 fully saturated rings. The molecule has 0 bridgehead atoms. The van der Waals surface area contributed by atoms with Crippen LogP contribution in [0.25, 0.3) is 22.6 Å². The Hall–Kier alpha value is -3.06. The number of nitrogens with one attached hydrogen (secondary N) is 1. The number of amides is 1. The van der Waals surface area contributed by atoms with E-state index in [1.54, 1.807) is 17.6 Å². The van der Waals surface area contributed by atoms with E-state index in [1.165, 1.54) is 23.5 Å². The van der Waals surface area contributed by atoms with Crippen LogP contribution in [0.2, 0.25) is 0 Å². The molecule has 4 rings (SSSR count). The molecule has 5 nitrogen and oxygen atoms in total. The maximum Gasteiger partial charge on any atom is 0.240 e. The minimum Gasteiger partial charge on any atom is -0.348 e. The first-order valence-corrected chi connectivity index (χ1v) is 9.45. The summed E-state index contributed by atoms with van der Waals surface area (Å²) in [5.41, 5.74) is 5.04. The predicted molar refractivity (Wildman–Crippen MR) is 104 cm³/mol. The molecule has 7 heteroatoms. The molecule has 0 aliphatic carbocycles. The minimum atomic E-state index is -0.296. The fourth-order valence-corrected chi connectivity index (χ4v) is 3.55. The first kappa shape index (κ1) is 17.4. The largest absolute Gasteiger partial charge is 0.348 e. The third-order valence-corrected chi connectivity index (χ3v) is 4.95. The van der Waals surface area contributed by atoms with Crippen LogP contribution < -0.4 is 5.32 Å². The molecule has 0 spiro atoms. The lowest BCUT2D eigenvalue weighted by Crippen LogP contribution is -2.30. The second kappa shape index (κ2) is 7.28. The summed E-state index contributed by atoms with van der Waals surface area (Å²) in [7, 11) is 0. The topological polar surface area (TPSA) is 59.8 Å². The van der Waals surface area contributed by atoms with Crippen LogP contribution in [-0.4, -0.2) is 20.4 Å². The lowest BCUT2D eigenvalue weighted by Gasteiger charge is -2.15. The van der Waals surface area contributed by atoms with E-state index in [0.29, 0.717) is 5.82 Å². The summed E-state index contributed by atoms with van der Waals surface area (Å²) < 4.78 is 15.0. The number of hydrogen-bond donors (Lipinski definition) is 1. The number of hydrogen-bond acceptors (Lipinski definition) is 4. The van der Waals surface area contributed by atoms with Crippen molar-refractivity contribution < 1.29 is 9.18 Å². The van der Waals surface area contributed by atoms with Crippen LogP contribution in [0.1, 0.15) is 18.5 Å². The number of carbonyl (C=O) groups excluding carboxylic acids is 1. The summed E-state index contributed by atoms with van der Waals surface area (Å²) in [5.74, 6) is 0.226. The number of fused-ring (bicyclic) bond motifs is 1. The molecule has 2 aromatic carbocycles. The van der Waals surface area contributed by atoms with Crippen molar-refractivity contribution in [1.82, 2.24) is 19.9 Å². The number of aromatic nitrogens is 3. The van der Waals surface area contributed by atoms with Gasteiger partial charge in [-0.25, -0.2) is 14.4 Å². The van der Waals surface area contributed by atoms with E-state index < -0.39 is 0 Å². The van der Waals surface area contributed by atoms with E-state index in [0.717, 1.165) is 22.3 Å². The highest BCUT2D eigenvalue weighted by molar-refractivity contribution is 7.07. The minimum absolute atomic E-state index is 0.124. The number of benzene rings is 2. The second-order valence-electron chi connectivity index (χ2n) is 6.22. The molecule has 1 atom stereocenters. The summed E-state index contributed by atoms with van der Waals surface area (Å²) >= 11 is 1.49. The van der Waals surface area contributed by atoms with Crippen molar-refractivity contribution in [3.63, 3.8) is 0 Å². The normalized spacial score (nSPS) is 12.2. The molecule has 136 valence electrons. The Morgan fingerprint density at radius 2 is 2.00 bits per heavy atom. The van der Waals surface area contributed by atoms with Crippen molar-refractivity contribution in [2.75, 3.05) is 0 Å². The van der Waals surface area contributed by atoms with Crippen molar-refractivity contribution >= 4 is 28.3 Å². The second-order valence-corrected chi connectivity index (χ2v) is 6.94. The Morgan fingerprint density at radius 1 is 1.22 bits per heavy atom. The van der Waals surface area contributed by atoms with Gasteiger partial charge < -0.3 is 9.88 Å². The van der Waals surface area contributed by atoms with Gasteiger partial charge in [0.05, 0.1) is 22.6 Å². The van der Waals surface area contributed by atoms with Crippen LogP contribution in [-0.2, 0) is 11.3 Å². The SMILES string of the molecule is C[C@@H](NC(=O)Cn1c(-c2cscn2)nc2ccccc21)c1ccc(F)cc1. The number of carbonyl (C=O) groups is 1. The summed E-state index contributed by atoms with van der Waals surface area (Å²) in [6, 6.07) is 13.6. The van der Waals surface area contributed by atoms with Crippen molar-refractivity contribution in [2.24, 2.45) is 0 Å².